The molecule has 0 spiro atoms. The lowest BCUT2D eigenvalue weighted by molar-refractivity contribution is 0.633. The number of hydrogen-bond acceptors (Lipinski definition) is 2. The molecule has 112 valence electrons. The van der Waals surface area contributed by atoms with Gasteiger partial charge in [-0.3, -0.25) is 0 Å². The Kier molecular flexibility index (Phi) is 2.12. The van der Waals surface area contributed by atoms with Crippen molar-refractivity contribution in [1.82, 2.24) is 0 Å². The largest absolute Gasteiger partial charge is 0.452 e. The number of furan rings is 2. The fourth-order valence-electron chi connectivity index (χ4n) is 3.86. The Labute approximate surface area is 136 Å². The second-order valence-electron chi connectivity index (χ2n) is 6.15. The summed E-state index contributed by atoms with van der Waals surface area (Å²) in [7, 11) is 0. The van der Waals surface area contributed by atoms with E-state index in [2.05, 4.69) is 48.5 Å². The molecule has 24 heavy (non-hydrogen) atoms. The van der Waals surface area contributed by atoms with Crippen molar-refractivity contribution in [2.75, 3.05) is 0 Å². The third-order valence-electron chi connectivity index (χ3n) is 4.86. The van der Waals surface area contributed by atoms with Gasteiger partial charge in [0.15, 0.2) is 11.2 Å². The van der Waals surface area contributed by atoms with Crippen molar-refractivity contribution in [2.24, 2.45) is 0 Å². The van der Waals surface area contributed by atoms with Gasteiger partial charge in [0, 0.05) is 21.5 Å². The molecule has 0 radical (unpaired) electrons. The molecule has 0 N–H and O–H groups in total. The van der Waals surface area contributed by atoms with Crippen LogP contribution in [0.4, 0.5) is 0 Å². The van der Waals surface area contributed by atoms with Crippen LogP contribution in [0.3, 0.4) is 0 Å². The van der Waals surface area contributed by atoms with Crippen molar-refractivity contribution < 1.29 is 8.83 Å². The lowest BCUT2D eigenvalue weighted by Gasteiger charge is -2.02. The first-order valence-corrected chi connectivity index (χ1v) is 8.05. The summed E-state index contributed by atoms with van der Waals surface area (Å²) in [6.07, 6.45) is 0. The first kappa shape index (κ1) is 12.2. The highest BCUT2D eigenvalue weighted by atomic mass is 16.4. The topological polar surface area (TPSA) is 26.3 Å². The Bertz CT molecular complexity index is 1290. The summed E-state index contributed by atoms with van der Waals surface area (Å²) in [5.41, 5.74) is 3.46. The van der Waals surface area contributed by atoms with Crippen LogP contribution in [-0.4, -0.2) is 0 Å². The maximum atomic E-state index is 6.21. The van der Waals surface area contributed by atoms with Gasteiger partial charge in [0.2, 0.25) is 0 Å². The first-order valence-electron chi connectivity index (χ1n) is 8.05. The monoisotopic (exact) mass is 308 g/mol. The molecule has 0 fully saturated rings. The summed E-state index contributed by atoms with van der Waals surface area (Å²) in [6.45, 7) is 0. The predicted molar refractivity (Wildman–Crippen MR) is 98.5 cm³/mol. The molecule has 2 aromatic heterocycles. The number of benzene rings is 4. The minimum Gasteiger partial charge on any atom is -0.452 e. The standard InChI is InChI=1S/C22H12O2/c1-2-8-14-13(7-1)19-15-9-3-5-11-17(15)23-21(19)22-20(14)16-10-4-6-12-18(16)24-22/h1-12H. The van der Waals surface area contributed by atoms with Crippen LogP contribution in [0.2, 0.25) is 0 Å². The van der Waals surface area contributed by atoms with Gasteiger partial charge in [-0.1, -0.05) is 60.7 Å². The molecule has 6 aromatic rings. The van der Waals surface area contributed by atoms with E-state index < -0.39 is 0 Å². The summed E-state index contributed by atoms with van der Waals surface area (Å²) >= 11 is 0. The molecule has 0 aliphatic heterocycles. The number of hydrogen-bond donors (Lipinski definition) is 0. The van der Waals surface area contributed by atoms with Gasteiger partial charge in [0.25, 0.3) is 0 Å². The minimum absolute atomic E-state index is 0.834. The van der Waals surface area contributed by atoms with Crippen molar-refractivity contribution >= 4 is 54.6 Å². The van der Waals surface area contributed by atoms with Crippen LogP contribution in [0, 0.1) is 0 Å². The zero-order valence-electron chi connectivity index (χ0n) is 12.7. The fraction of sp³-hybridized carbons (Fsp3) is 0. The molecule has 0 bridgehead atoms. The summed E-state index contributed by atoms with van der Waals surface area (Å²) in [4.78, 5) is 0. The van der Waals surface area contributed by atoms with Crippen LogP contribution in [-0.2, 0) is 0 Å². The molecule has 0 unspecified atom stereocenters. The lowest BCUT2D eigenvalue weighted by atomic mass is 9.99. The molecule has 0 saturated carbocycles. The fourth-order valence-corrected chi connectivity index (χ4v) is 3.86. The third kappa shape index (κ3) is 1.36. The van der Waals surface area contributed by atoms with Crippen LogP contribution in [0.25, 0.3) is 54.6 Å². The van der Waals surface area contributed by atoms with E-state index in [1.54, 1.807) is 0 Å². The maximum Gasteiger partial charge on any atom is 0.179 e. The quantitative estimate of drug-likeness (QED) is 0.314. The van der Waals surface area contributed by atoms with Crippen molar-refractivity contribution in [3.05, 3.63) is 72.8 Å². The molecule has 0 aliphatic carbocycles. The number of para-hydroxylation sites is 2. The van der Waals surface area contributed by atoms with Gasteiger partial charge in [-0.05, 0) is 22.9 Å². The summed E-state index contributed by atoms with van der Waals surface area (Å²) in [6, 6.07) is 24.9. The number of fused-ring (bicyclic) bond motifs is 10. The predicted octanol–water partition coefficient (Wildman–Crippen LogP) is 6.64. The van der Waals surface area contributed by atoms with E-state index in [4.69, 9.17) is 8.83 Å². The highest BCUT2D eigenvalue weighted by Gasteiger charge is 2.19. The zero-order chi connectivity index (χ0) is 15.7. The van der Waals surface area contributed by atoms with Gasteiger partial charge in [0.1, 0.15) is 11.2 Å². The Hall–Kier alpha value is -3.26. The van der Waals surface area contributed by atoms with E-state index in [1.807, 2.05) is 24.3 Å². The highest BCUT2D eigenvalue weighted by molar-refractivity contribution is 6.33. The van der Waals surface area contributed by atoms with Crippen molar-refractivity contribution in [3.63, 3.8) is 0 Å². The number of rotatable bonds is 0. The van der Waals surface area contributed by atoms with E-state index in [-0.39, 0.29) is 0 Å². The van der Waals surface area contributed by atoms with Crippen molar-refractivity contribution in [2.45, 2.75) is 0 Å². The molecule has 2 nitrogen and oxygen atoms in total. The van der Waals surface area contributed by atoms with Crippen molar-refractivity contribution in [3.8, 4) is 0 Å². The molecule has 0 atom stereocenters. The van der Waals surface area contributed by atoms with Gasteiger partial charge in [-0.2, -0.15) is 0 Å². The highest BCUT2D eigenvalue weighted by Crippen LogP contribution is 2.44. The van der Waals surface area contributed by atoms with E-state index in [1.165, 1.54) is 10.8 Å². The van der Waals surface area contributed by atoms with Crippen LogP contribution in [0.5, 0.6) is 0 Å². The molecular formula is C22H12O2. The second kappa shape index (κ2) is 4.18. The summed E-state index contributed by atoms with van der Waals surface area (Å²) < 4.78 is 12.4. The van der Waals surface area contributed by atoms with Crippen LogP contribution in [0.15, 0.2) is 81.6 Å². The molecule has 4 aromatic carbocycles. The summed E-state index contributed by atoms with van der Waals surface area (Å²) in [5, 5.41) is 6.94. The third-order valence-corrected chi connectivity index (χ3v) is 4.86. The zero-order valence-corrected chi connectivity index (χ0v) is 12.7. The molecule has 0 saturated heterocycles. The van der Waals surface area contributed by atoms with Gasteiger partial charge < -0.3 is 8.83 Å². The average Bonchev–Trinajstić information content (AvgIpc) is 3.21. The molecule has 2 heterocycles. The SMILES string of the molecule is c1ccc2c(c1)oc1c3oc4ccccc4c3c3ccccc3c21. The Morgan fingerprint density at radius 1 is 0.417 bits per heavy atom. The normalized spacial score (nSPS) is 12.2. The first-order chi connectivity index (χ1) is 11.9. The van der Waals surface area contributed by atoms with Crippen molar-refractivity contribution in [1.29, 1.82) is 0 Å². The van der Waals surface area contributed by atoms with E-state index in [0.29, 0.717) is 0 Å². The molecule has 0 aliphatic rings. The second-order valence-corrected chi connectivity index (χ2v) is 6.15. The maximum absolute atomic E-state index is 6.21. The summed E-state index contributed by atoms with van der Waals surface area (Å²) in [5.74, 6) is 0. The van der Waals surface area contributed by atoms with Crippen LogP contribution < -0.4 is 0 Å². The van der Waals surface area contributed by atoms with E-state index >= 15 is 0 Å². The van der Waals surface area contributed by atoms with Gasteiger partial charge in [0.05, 0.1) is 0 Å². The average molecular weight is 308 g/mol. The van der Waals surface area contributed by atoms with Crippen LogP contribution >= 0.6 is 0 Å². The minimum atomic E-state index is 0.834. The smallest absolute Gasteiger partial charge is 0.179 e. The molecule has 2 heteroatoms. The lowest BCUT2D eigenvalue weighted by Crippen LogP contribution is -1.77. The van der Waals surface area contributed by atoms with Gasteiger partial charge in [-0.25, -0.2) is 0 Å². The van der Waals surface area contributed by atoms with Gasteiger partial charge >= 0.3 is 0 Å². The van der Waals surface area contributed by atoms with E-state index in [9.17, 15) is 0 Å². The molecular weight excluding hydrogens is 296 g/mol. The van der Waals surface area contributed by atoms with Gasteiger partial charge in [-0.15, -0.1) is 0 Å². The molecule has 0 amide bonds. The Morgan fingerprint density at radius 3 is 1.25 bits per heavy atom. The van der Waals surface area contributed by atoms with E-state index in [0.717, 1.165) is 43.9 Å². The molecule has 6 rings (SSSR count). The van der Waals surface area contributed by atoms with Crippen LogP contribution in [0.1, 0.15) is 0 Å². The Balaban J connectivity index is 2.07. The Morgan fingerprint density at radius 2 is 0.792 bits per heavy atom.